The van der Waals surface area contributed by atoms with E-state index in [1.165, 1.54) is 17.7 Å². The van der Waals surface area contributed by atoms with Crippen LogP contribution in [0.5, 0.6) is 0 Å². The van der Waals surface area contributed by atoms with Crippen LogP contribution < -0.4 is 5.73 Å². The molecule has 1 unspecified atom stereocenters. The Morgan fingerprint density at radius 2 is 2.10 bits per heavy atom. The van der Waals surface area contributed by atoms with Crippen LogP contribution >= 0.6 is 34.5 Å². The van der Waals surface area contributed by atoms with E-state index in [0.29, 0.717) is 22.6 Å². The lowest BCUT2D eigenvalue weighted by Crippen LogP contribution is -2.35. The van der Waals surface area contributed by atoms with Gasteiger partial charge in [0.05, 0.1) is 0 Å². The fourth-order valence-electron chi connectivity index (χ4n) is 2.70. The zero-order valence-corrected chi connectivity index (χ0v) is 14.0. The molecule has 1 aromatic carbocycles. The molecule has 1 atom stereocenters. The highest BCUT2D eigenvalue weighted by molar-refractivity contribution is 7.09. The highest BCUT2D eigenvalue weighted by Crippen LogP contribution is 2.38. The Morgan fingerprint density at radius 3 is 2.67 bits per heavy atom. The Bertz CT molecular complexity index is 596. The van der Waals surface area contributed by atoms with Gasteiger partial charge < -0.3 is 5.73 Å². The van der Waals surface area contributed by atoms with Crippen LogP contribution in [0.1, 0.15) is 29.3 Å². The van der Waals surface area contributed by atoms with E-state index < -0.39 is 0 Å². The first kappa shape index (κ1) is 15.3. The molecular weight excluding hydrogens is 323 g/mol. The molecule has 1 saturated carbocycles. The van der Waals surface area contributed by atoms with Crippen LogP contribution in [0.2, 0.25) is 10.0 Å². The molecule has 21 heavy (non-hydrogen) atoms. The number of rotatable bonds is 6. The summed E-state index contributed by atoms with van der Waals surface area (Å²) in [6.07, 6.45) is 2.49. The van der Waals surface area contributed by atoms with Gasteiger partial charge in [-0.2, -0.15) is 0 Å². The van der Waals surface area contributed by atoms with Crippen molar-refractivity contribution in [2.45, 2.75) is 31.5 Å². The number of nitrogens with zero attached hydrogens (tertiary/aromatic N) is 1. The second kappa shape index (κ2) is 6.67. The summed E-state index contributed by atoms with van der Waals surface area (Å²) in [7, 11) is 0. The zero-order valence-electron chi connectivity index (χ0n) is 11.6. The van der Waals surface area contributed by atoms with Gasteiger partial charge in [-0.05, 0) is 42.0 Å². The predicted octanol–water partition coefficient (Wildman–Crippen LogP) is 4.72. The standard InChI is InChI=1S/C16H18Cl2N2S/c17-11-3-6-14(15(18)8-11)16(9-19)20(12-4-5-12)10-13-2-1-7-21-13/h1-3,6-8,12,16H,4-5,9-10,19H2. The number of thiophene rings is 1. The lowest BCUT2D eigenvalue weighted by Gasteiger charge is -2.31. The first-order valence-electron chi connectivity index (χ1n) is 7.12. The second-order valence-electron chi connectivity index (χ2n) is 5.40. The average molecular weight is 341 g/mol. The van der Waals surface area contributed by atoms with Crippen LogP contribution in [-0.2, 0) is 6.54 Å². The smallest absolute Gasteiger partial charge is 0.0492 e. The molecule has 2 aromatic rings. The van der Waals surface area contributed by atoms with Gasteiger partial charge in [0, 0.05) is 40.1 Å². The van der Waals surface area contributed by atoms with Gasteiger partial charge in [-0.15, -0.1) is 11.3 Å². The lowest BCUT2D eigenvalue weighted by molar-refractivity contribution is 0.184. The van der Waals surface area contributed by atoms with Crippen LogP contribution in [-0.4, -0.2) is 17.5 Å². The highest BCUT2D eigenvalue weighted by Gasteiger charge is 2.35. The van der Waals surface area contributed by atoms with E-state index in [0.717, 1.165) is 12.1 Å². The minimum absolute atomic E-state index is 0.143. The quantitative estimate of drug-likeness (QED) is 0.824. The Morgan fingerprint density at radius 1 is 1.29 bits per heavy atom. The van der Waals surface area contributed by atoms with E-state index >= 15 is 0 Å². The summed E-state index contributed by atoms with van der Waals surface area (Å²) in [6, 6.07) is 10.7. The average Bonchev–Trinajstić information content (AvgIpc) is 3.18. The van der Waals surface area contributed by atoms with Crippen LogP contribution in [0.4, 0.5) is 0 Å². The molecule has 2 nitrogen and oxygen atoms in total. The molecule has 0 saturated heterocycles. The molecule has 0 spiro atoms. The summed E-state index contributed by atoms with van der Waals surface area (Å²) in [4.78, 5) is 3.85. The summed E-state index contributed by atoms with van der Waals surface area (Å²) < 4.78 is 0. The van der Waals surface area contributed by atoms with Crippen LogP contribution in [0.25, 0.3) is 0 Å². The topological polar surface area (TPSA) is 29.3 Å². The SMILES string of the molecule is NCC(c1ccc(Cl)cc1Cl)N(Cc1cccs1)C1CC1. The van der Waals surface area contributed by atoms with Crippen molar-refractivity contribution < 1.29 is 0 Å². The van der Waals surface area contributed by atoms with Crippen molar-refractivity contribution in [2.75, 3.05) is 6.54 Å². The molecule has 1 fully saturated rings. The summed E-state index contributed by atoms with van der Waals surface area (Å²) in [5.74, 6) is 0. The fourth-order valence-corrected chi connectivity index (χ4v) is 3.94. The van der Waals surface area contributed by atoms with Crippen LogP contribution in [0.3, 0.4) is 0 Å². The van der Waals surface area contributed by atoms with Crippen molar-refractivity contribution in [1.82, 2.24) is 4.90 Å². The molecular formula is C16H18Cl2N2S. The highest BCUT2D eigenvalue weighted by atomic mass is 35.5. The third-order valence-electron chi connectivity index (χ3n) is 3.88. The molecule has 0 bridgehead atoms. The molecule has 112 valence electrons. The van der Waals surface area contributed by atoms with Crippen LogP contribution in [0.15, 0.2) is 35.7 Å². The van der Waals surface area contributed by atoms with Gasteiger partial charge in [0.1, 0.15) is 0 Å². The minimum Gasteiger partial charge on any atom is -0.329 e. The van der Waals surface area contributed by atoms with E-state index in [1.54, 1.807) is 17.4 Å². The summed E-state index contributed by atoms with van der Waals surface area (Å²) in [5, 5.41) is 3.48. The van der Waals surface area contributed by atoms with E-state index in [-0.39, 0.29) is 6.04 Å². The minimum atomic E-state index is 0.143. The van der Waals surface area contributed by atoms with Gasteiger partial charge in [0.25, 0.3) is 0 Å². The third kappa shape index (κ3) is 3.61. The van der Waals surface area contributed by atoms with Crippen molar-refractivity contribution in [2.24, 2.45) is 5.73 Å². The summed E-state index contributed by atoms with van der Waals surface area (Å²) in [5.41, 5.74) is 7.15. The van der Waals surface area contributed by atoms with Crippen molar-refractivity contribution in [3.8, 4) is 0 Å². The Kier molecular flexibility index (Phi) is 4.87. The van der Waals surface area contributed by atoms with Gasteiger partial charge in [0.15, 0.2) is 0 Å². The molecule has 1 aliphatic rings. The molecule has 1 aromatic heterocycles. The molecule has 1 heterocycles. The monoisotopic (exact) mass is 340 g/mol. The van der Waals surface area contributed by atoms with E-state index in [4.69, 9.17) is 28.9 Å². The number of halogens is 2. The second-order valence-corrected chi connectivity index (χ2v) is 7.28. The summed E-state index contributed by atoms with van der Waals surface area (Å²) in [6.45, 7) is 1.49. The summed E-state index contributed by atoms with van der Waals surface area (Å²) >= 11 is 14.2. The van der Waals surface area contributed by atoms with E-state index in [1.807, 2.05) is 12.1 Å². The molecule has 1 aliphatic carbocycles. The Balaban J connectivity index is 1.88. The first-order chi connectivity index (χ1) is 10.2. The van der Waals surface area contributed by atoms with Crippen molar-refractivity contribution >= 4 is 34.5 Å². The van der Waals surface area contributed by atoms with Gasteiger partial charge in [-0.3, -0.25) is 4.90 Å². The van der Waals surface area contributed by atoms with Crippen molar-refractivity contribution in [3.05, 3.63) is 56.2 Å². The molecule has 2 N–H and O–H groups in total. The van der Waals surface area contributed by atoms with Gasteiger partial charge in [-0.25, -0.2) is 0 Å². The molecule has 0 amide bonds. The van der Waals surface area contributed by atoms with E-state index in [9.17, 15) is 0 Å². The van der Waals surface area contributed by atoms with Crippen molar-refractivity contribution in [1.29, 1.82) is 0 Å². The number of hydrogen-bond acceptors (Lipinski definition) is 3. The molecule has 0 radical (unpaired) electrons. The normalized spacial score (nSPS) is 16.4. The number of hydrogen-bond donors (Lipinski definition) is 1. The number of nitrogens with two attached hydrogens (primary N) is 1. The number of benzene rings is 1. The van der Waals surface area contributed by atoms with Gasteiger partial charge in [0.2, 0.25) is 0 Å². The molecule has 0 aliphatic heterocycles. The maximum atomic E-state index is 6.39. The maximum Gasteiger partial charge on any atom is 0.0492 e. The Labute approximate surface area is 139 Å². The lowest BCUT2D eigenvalue weighted by atomic mass is 10.0. The maximum absolute atomic E-state index is 6.39. The first-order valence-corrected chi connectivity index (χ1v) is 8.75. The molecule has 3 rings (SSSR count). The predicted molar refractivity (Wildman–Crippen MR) is 91.1 cm³/mol. The largest absolute Gasteiger partial charge is 0.329 e. The molecule has 5 heteroatoms. The van der Waals surface area contributed by atoms with Crippen LogP contribution in [0, 0.1) is 0 Å². The fraction of sp³-hybridized carbons (Fsp3) is 0.375. The van der Waals surface area contributed by atoms with Crippen molar-refractivity contribution in [3.63, 3.8) is 0 Å². The third-order valence-corrected chi connectivity index (χ3v) is 5.30. The van der Waals surface area contributed by atoms with Gasteiger partial charge in [-0.1, -0.05) is 35.3 Å². The zero-order chi connectivity index (χ0) is 14.8. The van der Waals surface area contributed by atoms with E-state index in [2.05, 4.69) is 22.4 Å². The Hall–Kier alpha value is -0.580. The van der Waals surface area contributed by atoms with Gasteiger partial charge >= 0.3 is 0 Å².